The highest BCUT2D eigenvalue weighted by Crippen LogP contribution is 2.17. The Morgan fingerprint density at radius 2 is 1.63 bits per heavy atom. The molecule has 9 nitrogen and oxygen atoms in total. The maximum Gasteiger partial charge on any atom is 0.341 e. The van der Waals surface area contributed by atoms with E-state index in [2.05, 4.69) is 4.98 Å². The lowest BCUT2D eigenvalue weighted by Crippen LogP contribution is -2.30. The number of aromatic nitrogens is 1. The van der Waals surface area contributed by atoms with Gasteiger partial charge in [0.25, 0.3) is 5.91 Å². The third-order valence-electron chi connectivity index (χ3n) is 3.11. The lowest BCUT2D eigenvalue weighted by atomic mass is 9.97. The van der Waals surface area contributed by atoms with Gasteiger partial charge in [0.05, 0.1) is 0 Å². The van der Waals surface area contributed by atoms with Gasteiger partial charge < -0.3 is 14.9 Å². The minimum absolute atomic E-state index is 0.303. The van der Waals surface area contributed by atoms with Crippen LogP contribution >= 0.6 is 0 Å². The van der Waals surface area contributed by atoms with Crippen LogP contribution in [0.4, 0.5) is 0 Å². The van der Waals surface area contributed by atoms with Crippen LogP contribution < -0.4 is 16.0 Å². The maximum absolute atomic E-state index is 11.7. The minimum Gasteiger partial charge on any atom is -0.482 e. The summed E-state index contributed by atoms with van der Waals surface area (Å²) in [6.45, 7) is 2.38. The Balaban J connectivity index is 0.000000309. The maximum atomic E-state index is 11.7. The summed E-state index contributed by atoms with van der Waals surface area (Å²) in [4.78, 5) is 36.4. The monoisotopic (exact) mass is 375 g/mol. The van der Waals surface area contributed by atoms with Gasteiger partial charge in [0.15, 0.2) is 12.4 Å². The molecule has 1 aromatic carbocycles. The number of nitrogen functional groups attached to an aromatic ring is 1. The van der Waals surface area contributed by atoms with Gasteiger partial charge in [0, 0.05) is 23.5 Å². The summed E-state index contributed by atoms with van der Waals surface area (Å²) in [5.41, 5.74) is 1.45. The Bertz CT molecular complexity index is 770. The summed E-state index contributed by atoms with van der Waals surface area (Å²) < 4.78 is 4.91. The third-order valence-corrected chi connectivity index (χ3v) is 3.11. The van der Waals surface area contributed by atoms with E-state index in [4.69, 9.17) is 15.7 Å². The van der Waals surface area contributed by atoms with Crippen LogP contribution in [0.1, 0.15) is 34.6 Å². The Morgan fingerprint density at radius 1 is 1.07 bits per heavy atom. The van der Waals surface area contributed by atoms with Gasteiger partial charge in [0.2, 0.25) is 0 Å². The van der Waals surface area contributed by atoms with E-state index in [0.29, 0.717) is 16.9 Å². The Morgan fingerprint density at radius 3 is 2.07 bits per heavy atom. The lowest BCUT2D eigenvalue weighted by molar-refractivity contribution is -0.139. The molecule has 0 spiro atoms. The van der Waals surface area contributed by atoms with Crippen molar-refractivity contribution in [1.82, 2.24) is 10.4 Å². The number of ether oxygens (including phenoxy) is 1. The molecule has 0 saturated carbocycles. The zero-order chi connectivity index (χ0) is 20.4. The Kier molecular flexibility index (Phi) is 8.05. The van der Waals surface area contributed by atoms with Crippen molar-refractivity contribution in [3.63, 3.8) is 0 Å². The SMILES string of the molecule is CC(C)(O)C(=O)c1ccc(OCC(=O)O)cc1.NNC(=O)c1ccncc1. The van der Waals surface area contributed by atoms with Crippen LogP contribution in [-0.2, 0) is 4.79 Å². The fourth-order valence-corrected chi connectivity index (χ4v) is 1.79. The van der Waals surface area contributed by atoms with Crippen LogP contribution in [0.2, 0.25) is 0 Å². The van der Waals surface area contributed by atoms with Crippen LogP contribution in [0.15, 0.2) is 48.8 Å². The molecule has 27 heavy (non-hydrogen) atoms. The molecule has 1 amide bonds. The number of carbonyl (C=O) groups is 3. The van der Waals surface area contributed by atoms with Crippen LogP contribution in [0, 0.1) is 0 Å². The molecular formula is C18H21N3O6. The average molecular weight is 375 g/mol. The van der Waals surface area contributed by atoms with Crippen molar-refractivity contribution in [2.75, 3.05) is 6.61 Å². The van der Waals surface area contributed by atoms with Crippen molar-refractivity contribution in [2.24, 2.45) is 5.84 Å². The predicted octanol–water partition coefficient (Wildman–Crippen LogP) is 0.789. The number of nitrogens with two attached hydrogens (primary N) is 1. The lowest BCUT2D eigenvalue weighted by Gasteiger charge is -2.15. The van der Waals surface area contributed by atoms with Gasteiger partial charge in [-0.15, -0.1) is 0 Å². The summed E-state index contributed by atoms with van der Waals surface area (Å²) in [5, 5.41) is 17.9. The van der Waals surface area contributed by atoms with Gasteiger partial charge in [0.1, 0.15) is 11.4 Å². The molecule has 1 aromatic heterocycles. The highest BCUT2D eigenvalue weighted by Gasteiger charge is 2.24. The highest BCUT2D eigenvalue weighted by atomic mass is 16.5. The summed E-state index contributed by atoms with van der Waals surface area (Å²) in [7, 11) is 0. The summed E-state index contributed by atoms with van der Waals surface area (Å²) in [6.07, 6.45) is 3.06. The summed E-state index contributed by atoms with van der Waals surface area (Å²) >= 11 is 0. The Hall–Kier alpha value is -3.30. The number of aliphatic hydroxyl groups is 1. The van der Waals surface area contributed by atoms with Crippen molar-refractivity contribution in [3.8, 4) is 5.75 Å². The molecule has 5 N–H and O–H groups in total. The molecule has 0 aliphatic heterocycles. The molecule has 0 aliphatic carbocycles. The number of hydrogen-bond donors (Lipinski definition) is 4. The molecule has 0 aliphatic rings. The van der Waals surface area contributed by atoms with Gasteiger partial charge in [-0.2, -0.15) is 0 Å². The van der Waals surface area contributed by atoms with Gasteiger partial charge >= 0.3 is 5.97 Å². The topological polar surface area (TPSA) is 152 Å². The van der Waals surface area contributed by atoms with Crippen molar-refractivity contribution in [3.05, 3.63) is 59.9 Å². The number of nitrogens with one attached hydrogen (secondary N) is 1. The fraction of sp³-hybridized carbons (Fsp3) is 0.222. The van der Waals surface area contributed by atoms with Crippen LogP contribution in [-0.4, -0.2) is 45.1 Å². The van der Waals surface area contributed by atoms with Gasteiger partial charge in [-0.3, -0.25) is 20.0 Å². The third kappa shape index (κ3) is 7.63. The number of benzene rings is 1. The second-order valence-corrected chi connectivity index (χ2v) is 5.80. The smallest absolute Gasteiger partial charge is 0.341 e. The molecule has 0 atom stereocenters. The molecule has 144 valence electrons. The number of carboxylic acid groups (broad SMARTS) is 1. The molecule has 0 bridgehead atoms. The van der Waals surface area contributed by atoms with E-state index in [0.717, 1.165) is 0 Å². The summed E-state index contributed by atoms with van der Waals surface area (Å²) in [6, 6.07) is 9.11. The summed E-state index contributed by atoms with van der Waals surface area (Å²) in [5.74, 6) is 3.47. The number of carboxylic acids is 1. The van der Waals surface area contributed by atoms with Crippen LogP contribution in [0.5, 0.6) is 5.75 Å². The molecule has 0 unspecified atom stereocenters. The number of pyridine rings is 1. The molecule has 0 fully saturated rings. The number of ketones is 1. The van der Waals surface area contributed by atoms with Crippen LogP contribution in [0.25, 0.3) is 0 Å². The van der Waals surface area contributed by atoms with E-state index in [1.807, 2.05) is 5.43 Å². The fourth-order valence-electron chi connectivity index (χ4n) is 1.79. The molecule has 9 heteroatoms. The minimum atomic E-state index is -1.43. The Labute approximate surface area is 155 Å². The van der Waals surface area contributed by atoms with Gasteiger partial charge in [-0.25, -0.2) is 10.6 Å². The number of Topliss-reactive ketones (excluding diaryl/α,β-unsaturated/α-hetero) is 1. The molecule has 2 aromatic rings. The first-order chi connectivity index (χ1) is 12.6. The quantitative estimate of drug-likeness (QED) is 0.250. The van der Waals surface area contributed by atoms with Crippen LogP contribution in [0.3, 0.4) is 0 Å². The first kappa shape index (κ1) is 21.7. The standard InChI is InChI=1S/C12H14O5.C6H7N3O/c1-12(2,16)11(15)8-3-5-9(6-4-8)17-7-10(13)14;7-9-6(10)5-1-3-8-4-2-5/h3-6,16H,7H2,1-2H3,(H,13,14);1-4H,7H2,(H,9,10). The second kappa shape index (κ2) is 10.00. The highest BCUT2D eigenvalue weighted by molar-refractivity contribution is 6.01. The molecule has 1 heterocycles. The molecular weight excluding hydrogens is 354 g/mol. The van der Waals surface area contributed by atoms with E-state index < -0.39 is 24.0 Å². The number of carbonyl (C=O) groups excluding carboxylic acids is 2. The number of rotatable bonds is 6. The zero-order valence-corrected chi connectivity index (χ0v) is 14.9. The van der Waals surface area contributed by atoms with E-state index in [-0.39, 0.29) is 5.91 Å². The number of hydrogen-bond acceptors (Lipinski definition) is 7. The van der Waals surface area contributed by atoms with E-state index >= 15 is 0 Å². The molecule has 0 saturated heterocycles. The van der Waals surface area contributed by atoms with Crippen molar-refractivity contribution >= 4 is 17.7 Å². The zero-order valence-electron chi connectivity index (χ0n) is 14.9. The molecule has 2 rings (SSSR count). The van der Waals surface area contributed by atoms with Crippen molar-refractivity contribution < 1.29 is 29.3 Å². The first-order valence-electron chi connectivity index (χ1n) is 7.78. The largest absolute Gasteiger partial charge is 0.482 e. The predicted molar refractivity (Wildman–Crippen MR) is 96.1 cm³/mol. The first-order valence-corrected chi connectivity index (χ1v) is 7.78. The number of nitrogens with zero attached hydrogens (tertiary/aromatic N) is 1. The van der Waals surface area contributed by atoms with E-state index in [9.17, 15) is 19.5 Å². The normalized spacial score (nSPS) is 10.2. The number of aliphatic carboxylic acids is 1. The van der Waals surface area contributed by atoms with Crippen molar-refractivity contribution in [1.29, 1.82) is 0 Å². The second-order valence-electron chi connectivity index (χ2n) is 5.80. The van der Waals surface area contributed by atoms with E-state index in [1.165, 1.54) is 50.5 Å². The van der Waals surface area contributed by atoms with Gasteiger partial charge in [-0.1, -0.05) is 0 Å². The van der Waals surface area contributed by atoms with Crippen molar-refractivity contribution in [2.45, 2.75) is 19.4 Å². The number of amides is 1. The molecule has 0 radical (unpaired) electrons. The number of hydrazine groups is 1. The van der Waals surface area contributed by atoms with E-state index in [1.54, 1.807) is 12.1 Å². The average Bonchev–Trinajstić information content (AvgIpc) is 2.66. The van der Waals surface area contributed by atoms with Gasteiger partial charge in [-0.05, 0) is 50.2 Å².